The topological polar surface area (TPSA) is 65.5 Å². The number of piperazine rings is 1. The van der Waals surface area contributed by atoms with Gasteiger partial charge in [-0.05, 0) is 37.1 Å². The van der Waals surface area contributed by atoms with Crippen molar-refractivity contribution in [2.75, 3.05) is 57.8 Å². The Morgan fingerprint density at radius 3 is 2.36 bits per heavy atom. The fourth-order valence-corrected chi connectivity index (χ4v) is 4.68. The van der Waals surface area contributed by atoms with Crippen LogP contribution < -0.4 is 14.4 Å². The molecule has 1 N–H and O–H groups in total. The number of fused-ring (bicyclic) bond motifs is 1. The van der Waals surface area contributed by atoms with E-state index in [-0.39, 0.29) is 12.0 Å². The average Bonchev–Trinajstić information content (AvgIpc) is 2.82. The molecule has 2 aromatic carbocycles. The number of ether oxygens (including phenoxy) is 2. The molecule has 0 bridgehead atoms. The van der Waals surface area contributed by atoms with Gasteiger partial charge in [0.2, 0.25) is 5.91 Å². The van der Waals surface area contributed by atoms with E-state index in [4.69, 9.17) is 9.47 Å². The molecule has 1 fully saturated rings. The number of hydrogen-bond acceptors (Lipinski definition) is 6. The lowest BCUT2D eigenvalue weighted by atomic mass is 10.1. The SMILES string of the molecule is Cc1cccc(C)c1N(C)C(=O)CCN1CCN(CC(O)C2COc3ccccc3O2)CC1. The summed E-state index contributed by atoms with van der Waals surface area (Å²) in [5, 5.41) is 10.7. The van der Waals surface area contributed by atoms with Crippen LogP contribution in [0.25, 0.3) is 0 Å². The molecule has 0 aromatic heterocycles. The predicted molar refractivity (Wildman–Crippen MR) is 129 cm³/mol. The Morgan fingerprint density at radius 2 is 1.67 bits per heavy atom. The molecule has 2 aliphatic rings. The van der Waals surface area contributed by atoms with Crippen molar-refractivity contribution in [2.45, 2.75) is 32.5 Å². The number of aliphatic hydroxyl groups excluding tert-OH is 1. The summed E-state index contributed by atoms with van der Waals surface area (Å²) in [6, 6.07) is 13.7. The molecule has 2 unspecified atom stereocenters. The van der Waals surface area contributed by atoms with Crippen LogP contribution in [0.2, 0.25) is 0 Å². The van der Waals surface area contributed by atoms with Gasteiger partial charge in [0.1, 0.15) is 12.7 Å². The van der Waals surface area contributed by atoms with E-state index in [1.165, 1.54) is 0 Å². The molecule has 0 spiro atoms. The van der Waals surface area contributed by atoms with E-state index >= 15 is 0 Å². The van der Waals surface area contributed by atoms with Gasteiger partial charge >= 0.3 is 0 Å². The number of amides is 1. The highest BCUT2D eigenvalue weighted by Crippen LogP contribution is 2.31. The molecule has 7 heteroatoms. The minimum Gasteiger partial charge on any atom is -0.486 e. The van der Waals surface area contributed by atoms with Crippen LogP contribution in [0.3, 0.4) is 0 Å². The van der Waals surface area contributed by atoms with Gasteiger partial charge in [-0.25, -0.2) is 0 Å². The number of carbonyl (C=O) groups excluding carboxylic acids is 1. The number of para-hydroxylation sites is 3. The summed E-state index contributed by atoms with van der Waals surface area (Å²) >= 11 is 0. The van der Waals surface area contributed by atoms with E-state index in [1.54, 1.807) is 4.90 Å². The zero-order chi connectivity index (χ0) is 23.4. The number of anilines is 1. The molecule has 4 rings (SSSR count). The Kier molecular flexibility index (Phi) is 7.53. The third-order valence-electron chi connectivity index (χ3n) is 6.66. The second-order valence-corrected chi connectivity index (χ2v) is 9.07. The Labute approximate surface area is 196 Å². The van der Waals surface area contributed by atoms with Crippen LogP contribution in [-0.2, 0) is 4.79 Å². The maximum atomic E-state index is 12.8. The third-order valence-corrected chi connectivity index (χ3v) is 6.66. The molecular weight excluding hydrogens is 418 g/mol. The Hall–Kier alpha value is -2.61. The highest BCUT2D eigenvalue weighted by molar-refractivity contribution is 5.94. The van der Waals surface area contributed by atoms with E-state index in [0.717, 1.165) is 55.3 Å². The van der Waals surface area contributed by atoms with Gasteiger partial charge in [-0.1, -0.05) is 30.3 Å². The smallest absolute Gasteiger partial charge is 0.228 e. The largest absolute Gasteiger partial charge is 0.486 e. The summed E-state index contributed by atoms with van der Waals surface area (Å²) in [5.41, 5.74) is 3.25. The highest BCUT2D eigenvalue weighted by atomic mass is 16.6. The number of benzene rings is 2. The molecule has 2 aromatic rings. The third kappa shape index (κ3) is 5.66. The average molecular weight is 454 g/mol. The van der Waals surface area contributed by atoms with Crippen LogP contribution in [0.15, 0.2) is 42.5 Å². The van der Waals surface area contributed by atoms with Crippen molar-refractivity contribution < 1.29 is 19.4 Å². The number of hydrogen-bond donors (Lipinski definition) is 1. The van der Waals surface area contributed by atoms with E-state index in [0.29, 0.717) is 25.3 Å². The first-order chi connectivity index (χ1) is 15.9. The monoisotopic (exact) mass is 453 g/mol. The minimum atomic E-state index is -0.613. The van der Waals surface area contributed by atoms with Gasteiger partial charge in [-0.3, -0.25) is 9.69 Å². The van der Waals surface area contributed by atoms with Crippen molar-refractivity contribution in [3.05, 3.63) is 53.6 Å². The summed E-state index contributed by atoms with van der Waals surface area (Å²) in [4.78, 5) is 19.2. The molecule has 2 atom stereocenters. The molecule has 33 heavy (non-hydrogen) atoms. The van der Waals surface area contributed by atoms with Crippen LogP contribution in [0.1, 0.15) is 17.5 Å². The van der Waals surface area contributed by atoms with Crippen molar-refractivity contribution in [2.24, 2.45) is 0 Å². The lowest BCUT2D eigenvalue weighted by molar-refractivity contribution is -0.118. The van der Waals surface area contributed by atoms with Crippen LogP contribution in [0.5, 0.6) is 11.5 Å². The lowest BCUT2D eigenvalue weighted by Crippen LogP contribution is -2.52. The first-order valence-electron chi connectivity index (χ1n) is 11.8. The van der Waals surface area contributed by atoms with Crippen molar-refractivity contribution in [1.82, 2.24) is 9.80 Å². The lowest BCUT2D eigenvalue weighted by Gasteiger charge is -2.37. The molecule has 1 saturated heterocycles. The van der Waals surface area contributed by atoms with E-state index in [1.807, 2.05) is 63.4 Å². The normalized spacial score (nSPS) is 19.8. The van der Waals surface area contributed by atoms with Gasteiger partial charge in [0.05, 0.1) is 0 Å². The van der Waals surface area contributed by atoms with Gasteiger partial charge < -0.3 is 24.4 Å². The van der Waals surface area contributed by atoms with Gasteiger partial charge in [-0.2, -0.15) is 0 Å². The number of rotatable bonds is 7. The summed E-state index contributed by atoms with van der Waals surface area (Å²) in [6.07, 6.45) is -0.479. The Morgan fingerprint density at radius 1 is 1.03 bits per heavy atom. The van der Waals surface area contributed by atoms with Crippen LogP contribution in [0, 0.1) is 13.8 Å². The van der Waals surface area contributed by atoms with Crippen molar-refractivity contribution in [3.8, 4) is 11.5 Å². The molecule has 0 radical (unpaired) electrons. The van der Waals surface area contributed by atoms with Gasteiger partial charge in [0.15, 0.2) is 17.6 Å². The molecule has 178 valence electrons. The number of aliphatic hydroxyl groups is 1. The number of β-amino-alcohol motifs (C(OH)–C–C–N with tert-alkyl or cyclic N) is 1. The number of aryl methyl sites for hydroxylation is 2. The van der Waals surface area contributed by atoms with E-state index < -0.39 is 6.10 Å². The van der Waals surface area contributed by atoms with Crippen molar-refractivity contribution in [1.29, 1.82) is 0 Å². The summed E-state index contributed by atoms with van der Waals surface area (Å²) in [7, 11) is 1.87. The molecule has 7 nitrogen and oxygen atoms in total. The molecule has 2 aliphatic heterocycles. The zero-order valence-corrected chi connectivity index (χ0v) is 19.9. The maximum Gasteiger partial charge on any atom is 0.228 e. The molecule has 2 heterocycles. The highest BCUT2D eigenvalue weighted by Gasteiger charge is 2.30. The quantitative estimate of drug-likeness (QED) is 0.695. The van der Waals surface area contributed by atoms with Gasteiger partial charge in [-0.15, -0.1) is 0 Å². The molecular formula is C26H35N3O4. The number of carbonyl (C=O) groups is 1. The minimum absolute atomic E-state index is 0.139. The molecule has 0 aliphatic carbocycles. The fourth-order valence-electron chi connectivity index (χ4n) is 4.68. The van der Waals surface area contributed by atoms with Crippen molar-refractivity contribution in [3.63, 3.8) is 0 Å². The van der Waals surface area contributed by atoms with Crippen LogP contribution >= 0.6 is 0 Å². The molecule has 1 amide bonds. The summed E-state index contributed by atoms with van der Waals surface area (Å²) in [6.45, 7) is 9.25. The van der Waals surface area contributed by atoms with Gasteiger partial charge in [0, 0.05) is 58.4 Å². The second kappa shape index (κ2) is 10.5. The Bertz CT molecular complexity index is 938. The zero-order valence-electron chi connectivity index (χ0n) is 19.9. The first kappa shape index (κ1) is 23.5. The Balaban J connectivity index is 1.20. The second-order valence-electron chi connectivity index (χ2n) is 9.07. The summed E-state index contributed by atoms with van der Waals surface area (Å²) < 4.78 is 11.7. The predicted octanol–water partition coefficient (Wildman–Crippen LogP) is 2.47. The van der Waals surface area contributed by atoms with E-state index in [2.05, 4.69) is 9.80 Å². The van der Waals surface area contributed by atoms with Crippen LogP contribution in [0.4, 0.5) is 5.69 Å². The molecule has 0 saturated carbocycles. The maximum absolute atomic E-state index is 12.8. The fraction of sp³-hybridized carbons (Fsp3) is 0.500. The van der Waals surface area contributed by atoms with Crippen molar-refractivity contribution >= 4 is 11.6 Å². The number of nitrogens with zero attached hydrogens (tertiary/aromatic N) is 3. The van der Waals surface area contributed by atoms with E-state index in [9.17, 15) is 9.90 Å². The summed E-state index contributed by atoms with van der Waals surface area (Å²) in [5.74, 6) is 1.56. The standard InChI is InChI=1S/C26H35N3O4/c1-19-7-6-8-20(2)26(19)27(3)25(31)11-12-28-13-15-29(16-14-28)17-21(30)24-18-32-22-9-4-5-10-23(22)33-24/h4-10,21,24,30H,11-18H2,1-3H3. The van der Waals surface area contributed by atoms with Gasteiger partial charge in [0.25, 0.3) is 0 Å². The van der Waals surface area contributed by atoms with Crippen LogP contribution in [-0.4, -0.2) is 85.9 Å². The first-order valence-corrected chi connectivity index (χ1v) is 11.8.